The summed E-state index contributed by atoms with van der Waals surface area (Å²) in [6.07, 6.45) is 1.68. The lowest BCUT2D eigenvalue weighted by Gasteiger charge is -2.01. The third-order valence-electron chi connectivity index (χ3n) is 3.06. The van der Waals surface area contributed by atoms with Crippen LogP contribution in [0.2, 0.25) is 0 Å². The van der Waals surface area contributed by atoms with Gasteiger partial charge in [0.1, 0.15) is 5.69 Å². The zero-order valence-electron chi connectivity index (χ0n) is 11.4. The molecule has 3 rings (SSSR count). The molecule has 0 aliphatic heterocycles. The first-order valence-electron chi connectivity index (χ1n) is 6.44. The second-order valence-electron chi connectivity index (χ2n) is 4.53. The lowest BCUT2D eigenvalue weighted by molar-refractivity contribution is 0.897. The first kappa shape index (κ1) is 13.0. The fourth-order valence-corrected chi connectivity index (χ4v) is 1.97. The number of hydrazone groups is 1. The Bertz CT molecular complexity index is 864. The average Bonchev–Trinajstić information content (AvgIpc) is 2.51. The van der Waals surface area contributed by atoms with Crippen molar-refractivity contribution in [2.24, 2.45) is 5.10 Å². The molecule has 1 heterocycles. The van der Waals surface area contributed by atoms with Gasteiger partial charge in [-0.15, -0.1) is 10.2 Å². The van der Waals surface area contributed by atoms with Gasteiger partial charge in [-0.2, -0.15) is 5.10 Å². The van der Waals surface area contributed by atoms with Gasteiger partial charge in [-0.1, -0.05) is 42.5 Å². The Morgan fingerprint density at radius 3 is 2.81 bits per heavy atom. The van der Waals surface area contributed by atoms with E-state index in [9.17, 15) is 4.79 Å². The zero-order chi connectivity index (χ0) is 14.7. The first-order chi connectivity index (χ1) is 10.2. The molecule has 0 fully saturated rings. The third-order valence-corrected chi connectivity index (χ3v) is 3.06. The zero-order valence-corrected chi connectivity index (χ0v) is 11.4. The molecule has 1 aromatic heterocycles. The largest absolute Gasteiger partial charge is 0.288 e. The Balaban J connectivity index is 1.85. The fraction of sp³-hybridized carbons (Fsp3) is 0.0667. The Morgan fingerprint density at radius 1 is 1.14 bits per heavy atom. The Morgan fingerprint density at radius 2 is 1.95 bits per heavy atom. The minimum absolute atomic E-state index is 0.210. The van der Waals surface area contributed by atoms with Gasteiger partial charge in [-0.3, -0.25) is 9.78 Å². The van der Waals surface area contributed by atoms with Crippen LogP contribution in [-0.4, -0.2) is 21.4 Å². The predicted octanol–water partition coefficient (Wildman–Crippen LogP) is 2.07. The van der Waals surface area contributed by atoms with Crippen molar-refractivity contribution < 1.29 is 0 Å². The van der Waals surface area contributed by atoms with Crippen molar-refractivity contribution in [1.82, 2.24) is 15.2 Å². The lowest BCUT2D eigenvalue weighted by atomic mass is 10.1. The molecule has 3 aromatic rings. The van der Waals surface area contributed by atoms with Crippen molar-refractivity contribution in [3.63, 3.8) is 0 Å². The smallest absolute Gasteiger partial charge is 0.274 e. The van der Waals surface area contributed by atoms with Crippen molar-refractivity contribution in [3.05, 3.63) is 64.1 Å². The van der Waals surface area contributed by atoms with Gasteiger partial charge >= 0.3 is 0 Å². The number of rotatable bonds is 3. The summed E-state index contributed by atoms with van der Waals surface area (Å²) in [6, 6.07) is 14.0. The van der Waals surface area contributed by atoms with Crippen LogP contribution in [-0.2, 0) is 0 Å². The molecule has 0 saturated heterocycles. The highest BCUT2D eigenvalue weighted by atomic mass is 16.1. The molecule has 0 spiro atoms. The van der Waals surface area contributed by atoms with Crippen LogP contribution in [0.25, 0.3) is 10.8 Å². The summed E-state index contributed by atoms with van der Waals surface area (Å²) in [6.45, 7) is 1.59. The second-order valence-corrected chi connectivity index (χ2v) is 4.53. The summed E-state index contributed by atoms with van der Waals surface area (Å²) >= 11 is 0. The molecule has 0 saturated carbocycles. The van der Waals surface area contributed by atoms with Crippen molar-refractivity contribution >= 4 is 22.9 Å². The lowest BCUT2D eigenvalue weighted by Crippen LogP contribution is -2.15. The quantitative estimate of drug-likeness (QED) is 0.568. The number of hydrogen-bond acceptors (Lipinski definition) is 5. The SMILES string of the molecule is Cc1nnc(N/N=C/c2cccc3ccccc23)[nH]c1=O. The number of H-pyrrole nitrogens is 1. The Hall–Kier alpha value is -3.02. The van der Waals surface area contributed by atoms with Crippen molar-refractivity contribution in [3.8, 4) is 0 Å². The Kier molecular flexibility index (Phi) is 3.42. The summed E-state index contributed by atoms with van der Waals surface area (Å²) in [5.74, 6) is 0.210. The molecule has 2 aromatic carbocycles. The molecule has 0 aliphatic rings. The van der Waals surface area contributed by atoms with Crippen LogP contribution in [0.5, 0.6) is 0 Å². The average molecular weight is 279 g/mol. The van der Waals surface area contributed by atoms with E-state index in [0.29, 0.717) is 5.69 Å². The second kappa shape index (κ2) is 5.54. The minimum atomic E-state index is -0.284. The van der Waals surface area contributed by atoms with Crippen molar-refractivity contribution in [2.45, 2.75) is 6.92 Å². The van der Waals surface area contributed by atoms with Gasteiger partial charge in [0.2, 0.25) is 5.95 Å². The van der Waals surface area contributed by atoms with Crippen molar-refractivity contribution in [2.75, 3.05) is 5.43 Å². The summed E-state index contributed by atoms with van der Waals surface area (Å²) < 4.78 is 0. The molecular formula is C15H13N5O. The number of aromatic nitrogens is 3. The van der Waals surface area contributed by atoms with E-state index in [4.69, 9.17) is 0 Å². The summed E-state index contributed by atoms with van der Waals surface area (Å²) in [5.41, 5.74) is 3.67. The highest BCUT2D eigenvalue weighted by Gasteiger charge is 1.99. The fourth-order valence-electron chi connectivity index (χ4n) is 1.97. The van der Waals surface area contributed by atoms with Gasteiger partial charge in [-0.25, -0.2) is 5.43 Å². The molecular weight excluding hydrogens is 266 g/mol. The van der Waals surface area contributed by atoms with Crippen molar-refractivity contribution in [1.29, 1.82) is 0 Å². The number of nitrogens with one attached hydrogen (secondary N) is 2. The van der Waals surface area contributed by atoms with Gasteiger partial charge in [0.15, 0.2) is 0 Å². The first-order valence-corrected chi connectivity index (χ1v) is 6.44. The van der Waals surface area contributed by atoms with Crippen LogP contribution in [0, 0.1) is 6.92 Å². The topological polar surface area (TPSA) is 83.0 Å². The number of aryl methyl sites for hydroxylation is 1. The number of aromatic amines is 1. The normalized spacial score (nSPS) is 11.1. The van der Waals surface area contributed by atoms with Crippen LogP contribution in [0.15, 0.2) is 52.4 Å². The van der Waals surface area contributed by atoms with Gasteiger partial charge in [0.25, 0.3) is 5.56 Å². The van der Waals surface area contributed by atoms with Crippen LogP contribution < -0.4 is 11.0 Å². The molecule has 0 radical (unpaired) electrons. The third kappa shape index (κ3) is 2.79. The number of fused-ring (bicyclic) bond motifs is 1. The highest BCUT2D eigenvalue weighted by Crippen LogP contribution is 2.16. The van der Waals surface area contributed by atoms with E-state index in [1.807, 2.05) is 42.5 Å². The molecule has 0 bridgehead atoms. The molecule has 2 N–H and O–H groups in total. The van der Waals surface area contributed by atoms with Gasteiger partial charge in [0.05, 0.1) is 6.21 Å². The van der Waals surface area contributed by atoms with Crippen LogP contribution in [0.4, 0.5) is 5.95 Å². The van der Waals surface area contributed by atoms with Gasteiger partial charge in [-0.05, 0) is 17.7 Å². The minimum Gasteiger partial charge on any atom is -0.288 e. The Labute approximate surface area is 120 Å². The van der Waals surface area contributed by atoms with E-state index >= 15 is 0 Å². The molecule has 0 unspecified atom stereocenters. The van der Waals surface area contributed by atoms with Gasteiger partial charge < -0.3 is 0 Å². The van der Waals surface area contributed by atoms with E-state index < -0.39 is 0 Å². The molecule has 0 atom stereocenters. The van der Waals surface area contributed by atoms with Crippen LogP contribution in [0.3, 0.4) is 0 Å². The van der Waals surface area contributed by atoms with Crippen LogP contribution in [0.1, 0.15) is 11.3 Å². The predicted molar refractivity (Wildman–Crippen MR) is 82.6 cm³/mol. The summed E-state index contributed by atoms with van der Waals surface area (Å²) in [5, 5.41) is 13.9. The molecule has 0 aliphatic carbocycles. The van der Waals surface area contributed by atoms with E-state index in [0.717, 1.165) is 16.3 Å². The highest BCUT2D eigenvalue weighted by molar-refractivity contribution is 5.99. The number of nitrogens with zero attached hydrogens (tertiary/aromatic N) is 3. The molecule has 0 amide bonds. The van der Waals surface area contributed by atoms with E-state index in [1.165, 1.54) is 0 Å². The van der Waals surface area contributed by atoms with E-state index in [1.54, 1.807) is 13.1 Å². The maximum Gasteiger partial charge on any atom is 0.274 e. The molecule has 6 nitrogen and oxygen atoms in total. The summed E-state index contributed by atoms with van der Waals surface area (Å²) in [7, 11) is 0. The maximum absolute atomic E-state index is 11.4. The van der Waals surface area contributed by atoms with E-state index in [-0.39, 0.29) is 11.5 Å². The number of anilines is 1. The molecule has 6 heteroatoms. The number of hydrogen-bond donors (Lipinski definition) is 2. The maximum atomic E-state index is 11.4. The molecule has 104 valence electrons. The standard InChI is InChI=1S/C15H13N5O/c1-10-14(21)17-15(20-18-10)19-16-9-12-7-4-6-11-5-2-3-8-13(11)12/h2-9H,1H3,(H2,17,19,20,21)/b16-9+. The molecule has 21 heavy (non-hydrogen) atoms. The summed E-state index contributed by atoms with van der Waals surface area (Å²) in [4.78, 5) is 13.9. The van der Waals surface area contributed by atoms with Crippen LogP contribution >= 0.6 is 0 Å². The monoisotopic (exact) mass is 279 g/mol. The van der Waals surface area contributed by atoms with E-state index in [2.05, 4.69) is 25.7 Å². The van der Waals surface area contributed by atoms with Gasteiger partial charge in [0, 0.05) is 5.56 Å². The number of benzene rings is 2.